The number of hydrogen-bond donors (Lipinski definition) is 2. The summed E-state index contributed by atoms with van der Waals surface area (Å²) >= 11 is 0. The molecule has 0 amide bonds. The third-order valence-corrected chi connectivity index (χ3v) is 2.41. The molecule has 0 heterocycles. The lowest BCUT2D eigenvalue weighted by Crippen LogP contribution is -2.12. The fourth-order valence-electron chi connectivity index (χ4n) is 1.49. The molecule has 0 aliphatic carbocycles. The maximum absolute atomic E-state index is 11.3. The summed E-state index contributed by atoms with van der Waals surface area (Å²) in [6, 6.07) is 6.91. The highest BCUT2D eigenvalue weighted by molar-refractivity contribution is 5.89. The fourth-order valence-corrected chi connectivity index (χ4v) is 1.49. The topological polar surface area (TPSA) is 72.5 Å². The van der Waals surface area contributed by atoms with Crippen molar-refractivity contribution in [2.24, 2.45) is 5.73 Å². The highest BCUT2D eigenvalue weighted by Gasteiger charge is 2.09. The molecule has 0 saturated carbocycles. The van der Waals surface area contributed by atoms with Gasteiger partial charge in [-0.25, -0.2) is 4.79 Å². The number of ether oxygens (including phenoxy) is 1. The van der Waals surface area contributed by atoms with Gasteiger partial charge in [0.2, 0.25) is 0 Å². The van der Waals surface area contributed by atoms with Crippen LogP contribution in [0.3, 0.4) is 0 Å². The van der Waals surface area contributed by atoms with Crippen LogP contribution in [-0.2, 0) is 4.74 Å². The maximum atomic E-state index is 11.3. The molecule has 0 fully saturated rings. The summed E-state index contributed by atoms with van der Waals surface area (Å²) in [5.74, 6) is -0.365. The molecule has 0 unspecified atom stereocenters. The third kappa shape index (κ3) is 3.32. The molecule has 88 valence electrons. The average Bonchev–Trinajstić information content (AvgIpc) is 2.35. The first-order valence-electron chi connectivity index (χ1n) is 5.23. The molecule has 0 spiro atoms. The smallest absolute Gasteiger partial charge is 0.337 e. The lowest BCUT2D eigenvalue weighted by Gasteiger charge is -2.11. The van der Waals surface area contributed by atoms with Crippen molar-refractivity contribution in [2.75, 3.05) is 13.7 Å². The fraction of sp³-hybridized carbons (Fsp3) is 0.417. The van der Waals surface area contributed by atoms with E-state index in [0.717, 1.165) is 5.56 Å². The number of methoxy groups -OCH3 is 1. The van der Waals surface area contributed by atoms with Crippen LogP contribution in [0.5, 0.6) is 0 Å². The van der Waals surface area contributed by atoms with Crippen LogP contribution in [0, 0.1) is 0 Å². The number of hydrogen-bond acceptors (Lipinski definition) is 4. The zero-order valence-electron chi connectivity index (χ0n) is 9.35. The van der Waals surface area contributed by atoms with Crippen molar-refractivity contribution in [1.29, 1.82) is 0 Å². The molecule has 16 heavy (non-hydrogen) atoms. The molecule has 0 saturated heterocycles. The SMILES string of the molecule is COC(=O)c1cccc([C@H](N)CCCO)c1. The summed E-state index contributed by atoms with van der Waals surface area (Å²) in [7, 11) is 1.35. The van der Waals surface area contributed by atoms with Crippen molar-refractivity contribution in [2.45, 2.75) is 18.9 Å². The number of esters is 1. The van der Waals surface area contributed by atoms with Crippen molar-refractivity contribution in [3.05, 3.63) is 35.4 Å². The predicted molar refractivity (Wildman–Crippen MR) is 61.0 cm³/mol. The molecule has 1 rings (SSSR count). The zero-order chi connectivity index (χ0) is 12.0. The first kappa shape index (κ1) is 12.7. The van der Waals surface area contributed by atoms with E-state index in [4.69, 9.17) is 10.8 Å². The van der Waals surface area contributed by atoms with Crippen LogP contribution in [0.4, 0.5) is 0 Å². The summed E-state index contributed by atoms with van der Waals surface area (Å²) in [4.78, 5) is 11.3. The van der Waals surface area contributed by atoms with Gasteiger partial charge in [-0.3, -0.25) is 0 Å². The van der Waals surface area contributed by atoms with Crippen LogP contribution >= 0.6 is 0 Å². The molecule has 1 aromatic carbocycles. The normalized spacial score (nSPS) is 12.2. The number of carbonyl (C=O) groups is 1. The second-order valence-corrected chi connectivity index (χ2v) is 3.59. The Hall–Kier alpha value is -1.39. The summed E-state index contributed by atoms with van der Waals surface area (Å²) in [6.07, 6.45) is 1.35. The van der Waals surface area contributed by atoms with E-state index in [1.165, 1.54) is 7.11 Å². The van der Waals surface area contributed by atoms with Gasteiger partial charge in [-0.2, -0.15) is 0 Å². The molecule has 0 radical (unpaired) electrons. The van der Waals surface area contributed by atoms with Gasteiger partial charge in [0, 0.05) is 12.6 Å². The number of aliphatic hydroxyl groups is 1. The zero-order valence-corrected chi connectivity index (χ0v) is 9.35. The molecule has 0 bridgehead atoms. The van der Waals surface area contributed by atoms with E-state index < -0.39 is 0 Å². The predicted octanol–water partition coefficient (Wildman–Crippen LogP) is 1.25. The Labute approximate surface area is 95.0 Å². The molecular formula is C12H17NO3. The lowest BCUT2D eigenvalue weighted by atomic mass is 10.0. The molecule has 4 nitrogen and oxygen atoms in total. The second-order valence-electron chi connectivity index (χ2n) is 3.59. The van der Waals surface area contributed by atoms with E-state index in [9.17, 15) is 4.79 Å². The molecular weight excluding hydrogens is 206 g/mol. The monoisotopic (exact) mass is 223 g/mol. The van der Waals surface area contributed by atoms with E-state index in [1.54, 1.807) is 18.2 Å². The van der Waals surface area contributed by atoms with Gasteiger partial charge in [-0.15, -0.1) is 0 Å². The molecule has 3 N–H and O–H groups in total. The van der Waals surface area contributed by atoms with Crippen LogP contribution in [-0.4, -0.2) is 24.8 Å². The minimum absolute atomic E-state index is 0.129. The van der Waals surface area contributed by atoms with Crippen LogP contribution in [0.15, 0.2) is 24.3 Å². The van der Waals surface area contributed by atoms with Crippen LogP contribution in [0.25, 0.3) is 0 Å². The number of carbonyl (C=O) groups excluding carboxylic acids is 1. The minimum atomic E-state index is -0.365. The standard InChI is InChI=1S/C12H17NO3/c1-16-12(15)10-5-2-4-9(8-10)11(13)6-3-7-14/h2,4-5,8,11,14H,3,6-7,13H2,1H3/t11-/m1/s1. The van der Waals surface area contributed by atoms with E-state index in [2.05, 4.69) is 4.74 Å². The summed E-state index contributed by atoms with van der Waals surface area (Å²) in [6.45, 7) is 0.129. The molecule has 0 aliphatic heterocycles. The quantitative estimate of drug-likeness (QED) is 0.737. The first-order chi connectivity index (χ1) is 7.69. The number of aliphatic hydroxyl groups excluding tert-OH is 1. The van der Waals surface area contributed by atoms with Gasteiger partial charge >= 0.3 is 5.97 Å². The van der Waals surface area contributed by atoms with E-state index in [1.807, 2.05) is 6.07 Å². The first-order valence-corrected chi connectivity index (χ1v) is 5.23. The van der Waals surface area contributed by atoms with Crippen LogP contribution in [0.2, 0.25) is 0 Å². The van der Waals surface area contributed by atoms with Gasteiger partial charge in [0.05, 0.1) is 12.7 Å². The van der Waals surface area contributed by atoms with Crippen molar-refractivity contribution >= 4 is 5.97 Å². The van der Waals surface area contributed by atoms with Gasteiger partial charge in [0.1, 0.15) is 0 Å². The largest absolute Gasteiger partial charge is 0.465 e. The van der Waals surface area contributed by atoms with Crippen molar-refractivity contribution in [3.8, 4) is 0 Å². The lowest BCUT2D eigenvalue weighted by molar-refractivity contribution is 0.0600. The molecule has 4 heteroatoms. The van der Waals surface area contributed by atoms with Gasteiger partial charge < -0.3 is 15.6 Å². The Balaban J connectivity index is 2.77. The van der Waals surface area contributed by atoms with Crippen LogP contribution in [0.1, 0.15) is 34.8 Å². The maximum Gasteiger partial charge on any atom is 0.337 e. The Morgan fingerprint density at radius 2 is 2.31 bits per heavy atom. The number of nitrogens with two attached hydrogens (primary N) is 1. The molecule has 1 atom stereocenters. The minimum Gasteiger partial charge on any atom is -0.465 e. The summed E-state index contributed by atoms with van der Waals surface area (Å²) in [5, 5.41) is 8.71. The third-order valence-electron chi connectivity index (χ3n) is 2.41. The summed E-state index contributed by atoms with van der Waals surface area (Å²) in [5.41, 5.74) is 7.31. The van der Waals surface area contributed by atoms with Crippen molar-refractivity contribution in [1.82, 2.24) is 0 Å². The van der Waals surface area contributed by atoms with Gasteiger partial charge in [0.25, 0.3) is 0 Å². The highest BCUT2D eigenvalue weighted by atomic mass is 16.5. The van der Waals surface area contributed by atoms with Gasteiger partial charge in [-0.05, 0) is 30.5 Å². The average molecular weight is 223 g/mol. The number of benzene rings is 1. The van der Waals surface area contributed by atoms with Gasteiger partial charge in [-0.1, -0.05) is 12.1 Å². The molecule has 1 aromatic rings. The Bertz CT molecular complexity index is 352. The number of rotatable bonds is 5. The second kappa shape index (κ2) is 6.25. The highest BCUT2D eigenvalue weighted by Crippen LogP contribution is 2.17. The van der Waals surface area contributed by atoms with E-state index in [-0.39, 0.29) is 18.6 Å². The molecule has 0 aromatic heterocycles. The Kier molecular flexibility index (Phi) is 4.95. The van der Waals surface area contributed by atoms with Crippen molar-refractivity contribution < 1.29 is 14.6 Å². The van der Waals surface area contributed by atoms with E-state index in [0.29, 0.717) is 18.4 Å². The molecule has 0 aliphatic rings. The van der Waals surface area contributed by atoms with Crippen LogP contribution < -0.4 is 5.73 Å². The van der Waals surface area contributed by atoms with Gasteiger partial charge in [0.15, 0.2) is 0 Å². The Morgan fingerprint density at radius 1 is 1.56 bits per heavy atom. The van der Waals surface area contributed by atoms with Crippen molar-refractivity contribution in [3.63, 3.8) is 0 Å². The Morgan fingerprint density at radius 3 is 2.94 bits per heavy atom. The summed E-state index contributed by atoms with van der Waals surface area (Å²) < 4.78 is 4.63. The van der Waals surface area contributed by atoms with E-state index >= 15 is 0 Å².